The van der Waals surface area contributed by atoms with Crippen LogP contribution in [0.15, 0.2) is 18.2 Å². The molecule has 1 aromatic rings. The van der Waals surface area contributed by atoms with Crippen molar-refractivity contribution in [3.05, 3.63) is 23.9 Å². The minimum absolute atomic E-state index is 0.0359. The maximum Gasteiger partial charge on any atom is 0.389 e. The topological polar surface area (TPSA) is 48.1 Å². The molecule has 16 heavy (non-hydrogen) atoms. The zero-order valence-electron chi connectivity index (χ0n) is 8.63. The number of anilines is 1. The van der Waals surface area contributed by atoms with E-state index in [1.807, 2.05) is 0 Å². The van der Waals surface area contributed by atoms with Crippen LogP contribution in [0.3, 0.4) is 0 Å². The Labute approximate surface area is 91.4 Å². The Bertz CT molecular complexity index is 328. The monoisotopic (exact) mass is 234 g/mol. The molecule has 0 aliphatic heterocycles. The molecule has 0 amide bonds. The molecular weight excluding hydrogens is 221 g/mol. The highest BCUT2D eigenvalue weighted by atomic mass is 19.4. The summed E-state index contributed by atoms with van der Waals surface area (Å²) in [6.07, 6.45) is -4.97. The lowest BCUT2D eigenvalue weighted by molar-refractivity contribution is -0.138. The molecule has 1 rings (SSSR count). The quantitative estimate of drug-likeness (QED) is 0.796. The molecule has 1 aromatic heterocycles. The highest BCUT2D eigenvalue weighted by Crippen LogP contribution is 2.21. The maximum atomic E-state index is 11.8. The second-order valence-electron chi connectivity index (χ2n) is 3.33. The maximum absolute atomic E-state index is 11.8. The standard InChI is InChI=1S/C10H13F3N2O/c11-10(12,13)5-2-6-16-7-8-3-1-4-9(14)15-8/h1,3-4H,2,5-7H2,(H2,14,15). The van der Waals surface area contributed by atoms with Crippen molar-refractivity contribution in [2.24, 2.45) is 0 Å². The fourth-order valence-electron chi connectivity index (χ4n) is 1.13. The van der Waals surface area contributed by atoms with Crippen LogP contribution in [0.4, 0.5) is 19.0 Å². The molecule has 3 nitrogen and oxygen atoms in total. The predicted molar refractivity (Wildman–Crippen MR) is 53.6 cm³/mol. The van der Waals surface area contributed by atoms with Crippen LogP contribution in [0.5, 0.6) is 0 Å². The Balaban J connectivity index is 2.17. The number of nitrogens with zero attached hydrogens (tertiary/aromatic N) is 1. The lowest BCUT2D eigenvalue weighted by Crippen LogP contribution is -2.09. The Kier molecular flexibility index (Phi) is 4.54. The van der Waals surface area contributed by atoms with Crippen LogP contribution >= 0.6 is 0 Å². The van der Waals surface area contributed by atoms with Crippen LogP contribution in [0.2, 0.25) is 0 Å². The van der Waals surface area contributed by atoms with E-state index in [9.17, 15) is 13.2 Å². The number of halogens is 3. The summed E-state index contributed by atoms with van der Waals surface area (Å²) >= 11 is 0. The third-order valence-electron chi connectivity index (χ3n) is 1.83. The van der Waals surface area contributed by atoms with E-state index in [1.165, 1.54) is 0 Å². The molecule has 0 saturated heterocycles. The first-order valence-corrected chi connectivity index (χ1v) is 4.83. The van der Waals surface area contributed by atoms with E-state index < -0.39 is 12.6 Å². The van der Waals surface area contributed by atoms with Crippen molar-refractivity contribution in [3.63, 3.8) is 0 Å². The van der Waals surface area contributed by atoms with Gasteiger partial charge in [0.25, 0.3) is 0 Å². The molecule has 0 spiro atoms. The largest absolute Gasteiger partial charge is 0.389 e. The van der Waals surface area contributed by atoms with Crippen LogP contribution in [0, 0.1) is 0 Å². The highest BCUT2D eigenvalue weighted by molar-refractivity contribution is 5.28. The van der Waals surface area contributed by atoms with Gasteiger partial charge >= 0.3 is 6.18 Å². The molecule has 2 N–H and O–H groups in total. The summed E-state index contributed by atoms with van der Waals surface area (Å²) in [5.74, 6) is 0.372. The van der Waals surface area contributed by atoms with Gasteiger partial charge in [0.1, 0.15) is 5.82 Å². The first-order chi connectivity index (χ1) is 7.47. The molecule has 0 radical (unpaired) electrons. The van der Waals surface area contributed by atoms with E-state index in [-0.39, 0.29) is 19.6 Å². The number of hydrogen-bond acceptors (Lipinski definition) is 3. The van der Waals surface area contributed by atoms with Crippen molar-refractivity contribution < 1.29 is 17.9 Å². The second kappa shape index (κ2) is 5.69. The molecule has 1 heterocycles. The minimum atomic E-state index is -4.11. The third-order valence-corrected chi connectivity index (χ3v) is 1.83. The average Bonchev–Trinajstić information content (AvgIpc) is 2.15. The summed E-state index contributed by atoms with van der Waals surface area (Å²) < 4.78 is 40.4. The first kappa shape index (κ1) is 12.8. The highest BCUT2D eigenvalue weighted by Gasteiger charge is 2.25. The predicted octanol–water partition coefficient (Wildman–Crippen LogP) is 2.52. The summed E-state index contributed by atoms with van der Waals surface area (Å²) in [4.78, 5) is 3.95. The Morgan fingerprint density at radius 1 is 1.31 bits per heavy atom. The molecule has 0 unspecified atom stereocenters. The van der Waals surface area contributed by atoms with Crippen molar-refractivity contribution in [3.8, 4) is 0 Å². The van der Waals surface area contributed by atoms with E-state index in [4.69, 9.17) is 10.5 Å². The number of alkyl halides is 3. The number of ether oxygens (including phenoxy) is 1. The van der Waals surface area contributed by atoms with Gasteiger partial charge in [0.15, 0.2) is 0 Å². The lowest BCUT2D eigenvalue weighted by atomic mass is 10.3. The van der Waals surface area contributed by atoms with Crippen LogP contribution < -0.4 is 5.73 Å². The van der Waals surface area contributed by atoms with Crippen LogP contribution in [-0.4, -0.2) is 17.8 Å². The normalized spacial score (nSPS) is 11.7. The van der Waals surface area contributed by atoms with Crippen molar-refractivity contribution in [1.29, 1.82) is 0 Å². The second-order valence-corrected chi connectivity index (χ2v) is 3.33. The number of pyridine rings is 1. The zero-order valence-corrected chi connectivity index (χ0v) is 8.63. The fourth-order valence-corrected chi connectivity index (χ4v) is 1.13. The number of nitrogens with two attached hydrogens (primary N) is 1. The van der Waals surface area contributed by atoms with Crippen LogP contribution in [0.25, 0.3) is 0 Å². The molecule has 0 aliphatic rings. The van der Waals surface area contributed by atoms with Gasteiger partial charge in [-0.15, -0.1) is 0 Å². The van der Waals surface area contributed by atoms with Gasteiger partial charge in [-0.2, -0.15) is 13.2 Å². The number of aromatic nitrogens is 1. The van der Waals surface area contributed by atoms with Gasteiger partial charge in [-0.3, -0.25) is 0 Å². The third kappa shape index (κ3) is 5.55. The molecule has 0 aliphatic carbocycles. The van der Waals surface area contributed by atoms with Gasteiger partial charge in [0, 0.05) is 13.0 Å². The van der Waals surface area contributed by atoms with Gasteiger partial charge < -0.3 is 10.5 Å². The Morgan fingerprint density at radius 2 is 2.06 bits per heavy atom. The van der Waals surface area contributed by atoms with Crippen LogP contribution in [-0.2, 0) is 11.3 Å². The van der Waals surface area contributed by atoms with Crippen molar-refractivity contribution in [1.82, 2.24) is 4.98 Å². The first-order valence-electron chi connectivity index (χ1n) is 4.83. The fraction of sp³-hybridized carbons (Fsp3) is 0.500. The average molecular weight is 234 g/mol. The minimum Gasteiger partial charge on any atom is -0.384 e. The molecule has 0 aromatic carbocycles. The Morgan fingerprint density at radius 3 is 2.69 bits per heavy atom. The zero-order chi connectivity index (χ0) is 12.0. The SMILES string of the molecule is Nc1cccc(COCCCC(F)(F)F)n1. The number of rotatable bonds is 5. The van der Waals surface area contributed by atoms with Gasteiger partial charge in [-0.05, 0) is 18.6 Å². The molecule has 0 saturated carbocycles. The lowest BCUT2D eigenvalue weighted by Gasteiger charge is -2.06. The van der Waals surface area contributed by atoms with E-state index >= 15 is 0 Å². The summed E-state index contributed by atoms with van der Waals surface area (Å²) in [6, 6.07) is 5.06. The van der Waals surface area contributed by atoms with Crippen molar-refractivity contribution in [2.45, 2.75) is 25.6 Å². The molecule has 6 heteroatoms. The van der Waals surface area contributed by atoms with E-state index in [0.29, 0.717) is 11.5 Å². The summed E-state index contributed by atoms with van der Waals surface area (Å²) in [5.41, 5.74) is 6.05. The van der Waals surface area contributed by atoms with E-state index in [0.717, 1.165) is 0 Å². The smallest absolute Gasteiger partial charge is 0.384 e. The van der Waals surface area contributed by atoms with Crippen molar-refractivity contribution in [2.75, 3.05) is 12.3 Å². The number of hydrogen-bond donors (Lipinski definition) is 1. The Hall–Kier alpha value is -1.30. The molecule has 90 valence electrons. The summed E-state index contributed by atoms with van der Waals surface area (Å²) in [5, 5.41) is 0. The van der Waals surface area contributed by atoms with Gasteiger partial charge in [-0.25, -0.2) is 4.98 Å². The molecule has 0 bridgehead atoms. The van der Waals surface area contributed by atoms with E-state index in [1.54, 1.807) is 18.2 Å². The molecule has 0 atom stereocenters. The molecule has 0 fully saturated rings. The summed E-state index contributed by atoms with van der Waals surface area (Å²) in [6.45, 7) is 0.249. The van der Waals surface area contributed by atoms with Gasteiger partial charge in [0.05, 0.1) is 12.3 Å². The number of nitrogen functional groups attached to an aromatic ring is 1. The van der Waals surface area contributed by atoms with Gasteiger partial charge in [-0.1, -0.05) is 6.07 Å². The van der Waals surface area contributed by atoms with Gasteiger partial charge in [0.2, 0.25) is 0 Å². The summed E-state index contributed by atoms with van der Waals surface area (Å²) in [7, 11) is 0. The van der Waals surface area contributed by atoms with Crippen molar-refractivity contribution >= 4 is 5.82 Å². The molecular formula is C10H13F3N2O. The van der Waals surface area contributed by atoms with E-state index in [2.05, 4.69) is 4.98 Å². The van der Waals surface area contributed by atoms with Crippen LogP contribution in [0.1, 0.15) is 18.5 Å².